The van der Waals surface area contributed by atoms with Crippen LogP contribution in [-0.4, -0.2) is 25.6 Å². The zero-order valence-electron chi connectivity index (χ0n) is 17.2. The summed E-state index contributed by atoms with van der Waals surface area (Å²) in [5.74, 6) is 0.212. The molecule has 1 amide bonds. The van der Waals surface area contributed by atoms with Gasteiger partial charge in [0.25, 0.3) is 5.91 Å². The predicted octanol–water partition coefficient (Wildman–Crippen LogP) is 4.27. The lowest BCUT2D eigenvalue weighted by atomic mass is 10.1. The molecule has 152 valence electrons. The lowest BCUT2D eigenvalue weighted by Gasteiger charge is -2.22. The second kappa shape index (κ2) is 8.82. The second-order valence-electron chi connectivity index (χ2n) is 6.91. The van der Waals surface area contributed by atoms with Gasteiger partial charge in [-0.3, -0.25) is 4.79 Å². The zero-order chi connectivity index (χ0) is 21.0. The van der Waals surface area contributed by atoms with E-state index in [1.165, 1.54) is 6.07 Å². The van der Waals surface area contributed by atoms with Crippen molar-refractivity contribution in [2.75, 3.05) is 29.9 Å². The molecule has 0 unspecified atom stereocenters. The van der Waals surface area contributed by atoms with Crippen LogP contribution in [0.5, 0.6) is 5.75 Å². The van der Waals surface area contributed by atoms with Gasteiger partial charge >= 0.3 is 5.63 Å². The van der Waals surface area contributed by atoms with Crippen LogP contribution in [-0.2, 0) is 4.79 Å². The van der Waals surface area contributed by atoms with Crippen LogP contribution in [0.1, 0.15) is 25.0 Å². The minimum Gasteiger partial charge on any atom is -0.484 e. The molecule has 3 rings (SSSR count). The molecule has 1 N–H and O–H groups in total. The summed E-state index contributed by atoms with van der Waals surface area (Å²) in [5.41, 5.74) is 3.75. The molecule has 6 nitrogen and oxygen atoms in total. The SMILES string of the molecule is CCN(CC)c1ccc(NC(=O)COc2ccc3c(C)cc(=O)oc3c2)c(C)c1. The molecule has 0 fully saturated rings. The van der Waals surface area contributed by atoms with Gasteiger partial charge in [-0.1, -0.05) is 0 Å². The van der Waals surface area contributed by atoms with Crippen LogP contribution in [0.15, 0.2) is 51.7 Å². The molecule has 1 heterocycles. The quantitative estimate of drug-likeness (QED) is 0.606. The number of hydrogen-bond acceptors (Lipinski definition) is 5. The van der Waals surface area contributed by atoms with Crippen LogP contribution in [0.3, 0.4) is 0 Å². The maximum Gasteiger partial charge on any atom is 0.336 e. The van der Waals surface area contributed by atoms with Crippen LogP contribution < -0.4 is 20.6 Å². The molecule has 0 aliphatic rings. The molecule has 3 aromatic rings. The number of ether oxygens (including phenoxy) is 1. The minimum absolute atomic E-state index is 0.140. The number of rotatable bonds is 7. The van der Waals surface area contributed by atoms with Gasteiger partial charge in [0, 0.05) is 42.0 Å². The molecule has 0 radical (unpaired) electrons. The molecule has 2 aromatic carbocycles. The summed E-state index contributed by atoms with van der Waals surface area (Å²) in [6.07, 6.45) is 0. The Kier molecular flexibility index (Phi) is 6.22. The minimum atomic E-state index is -0.409. The van der Waals surface area contributed by atoms with E-state index < -0.39 is 5.63 Å². The summed E-state index contributed by atoms with van der Waals surface area (Å²) in [6, 6.07) is 12.6. The molecule has 0 atom stereocenters. The van der Waals surface area contributed by atoms with Crippen molar-refractivity contribution in [1.29, 1.82) is 0 Å². The maximum absolute atomic E-state index is 12.3. The monoisotopic (exact) mass is 394 g/mol. The fourth-order valence-electron chi connectivity index (χ4n) is 3.30. The Morgan fingerprint density at radius 1 is 1.03 bits per heavy atom. The van der Waals surface area contributed by atoms with Crippen molar-refractivity contribution < 1.29 is 13.9 Å². The van der Waals surface area contributed by atoms with E-state index in [0.717, 1.165) is 41.0 Å². The lowest BCUT2D eigenvalue weighted by Crippen LogP contribution is -2.23. The molecule has 0 saturated heterocycles. The van der Waals surface area contributed by atoms with E-state index in [2.05, 4.69) is 30.1 Å². The number of aryl methyl sites for hydroxylation is 2. The maximum atomic E-state index is 12.3. The molecule has 0 aliphatic carbocycles. The van der Waals surface area contributed by atoms with Crippen molar-refractivity contribution >= 4 is 28.3 Å². The molecule has 29 heavy (non-hydrogen) atoms. The zero-order valence-corrected chi connectivity index (χ0v) is 17.2. The van der Waals surface area contributed by atoms with Gasteiger partial charge in [-0.2, -0.15) is 0 Å². The van der Waals surface area contributed by atoms with Crippen molar-refractivity contribution in [1.82, 2.24) is 0 Å². The number of anilines is 2. The van der Waals surface area contributed by atoms with Gasteiger partial charge in [-0.15, -0.1) is 0 Å². The first-order valence-corrected chi connectivity index (χ1v) is 9.74. The highest BCUT2D eigenvalue weighted by molar-refractivity contribution is 5.93. The van der Waals surface area contributed by atoms with E-state index in [4.69, 9.17) is 9.15 Å². The highest BCUT2D eigenvalue weighted by atomic mass is 16.5. The van der Waals surface area contributed by atoms with E-state index in [1.807, 2.05) is 32.0 Å². The molecule has 1 aromatic heterocycles. The smallest absolute Gasteiger partial charge is 0.336 e. The topological polar surface area (TPSA) is 71.8 Å². The van der Waals surface area contributed by atoms with Gasteiger partial charge in [-0.25, -0.2) is 4.79 Å². The van der Waals surface area contributed by atoms with Crippen LogP contribution >= 0.6 is 0 Å². The van der Waals surface area contributed by atoms with Gasteiger partial charge in [0.1, 0.15) is 11.3 Å². The summed E-state index contributed by atoms with van der Waals surface area (Å²) < 4.78 is 10.8. The molecule has 0 spiro atoms. The third-order valence-electron chi connectivity index (χ3n) is 4.91. The number of carbonyl (C=O) groups is 1. The third kappa shape index (κ3) is 4.77. The Labute approximate surface area is 170 Å². The second-order valence-corrected chi connectivity index (χ2v) is 6.91. The highest BCUT2D eigenvalue weighted by Crippen LogP contribution is 2.24. The third-order valence-corrected chi connectivity index (χ3v) is 4.91. The highest BCUT2D eigenvalue weighted by Gasteiger charge is 2.10. The number of amides is 1. The normalized spacial score (nSPS) is 10.8. The summed E-state index contributed by atoms with van der Waals surface area (Å²) in [5, 5.41) is 3.72. The predicted molar refractivity (Wildman–Crippen MR) is 116 cm³/mol. The molecule has 6 heteroatoms. The summed E-state index contributed by atoms with van der Waals surface area (Å²) in [6.45, 7) is 9.77. The average molecular weight is 394 g/mol. The van der Waals surface area contributed by atoms with Crippen LogP contribution in [0.4, 0.5) is 11.4 Å². The van der Waals surface area contributed by atoms with E-state index in [-0.39, 0.29) is 12.5 Å². The van der Waals surface area contributed by atoms with Crippen molar-refractivity contribution in [2.24, 2.45) is 0 Å². The fourth-order valence-corrected chi connectivity index (χ4v) is 3.30. The van der Waals surface area contributed by atoms with Crippen molar-refractivity contribution in [2.45, 2.75) is 27.7 Å². The van der Waals surface area contributed by atoms with E-state index in [9.17, 15) is 9.59 Å². The molecule has 0 bridgehead atoms. The first-order chi connectivity index (χ1) is 13.9. The van der Waals surface area contributed by atoms with E-state index in [0.29, 0.717) is 11.3 Å². The van der Waals surface area contributed by atoms with E-state index in [1.54, 1.807) is 12.1 Å². The van der Waals surface area contributed by atoms with Gasteiger partial charge in [0.2, 0.25) is 0 Å². The fraction of sp³-hybridized carbons (Fsp3) is 0.304. The Morgan fingerprint density at radius 2 is 1.79 bits per heavy atom. The number of benzene rings is 2. The number of hydrogen-bond donors (Lipinski definition) is 1. The summed E-state index contributed by atoms with van der Waals surface area (Å²) in [4.78, 5) is 26.1. The van der Waals surface area contributed by atoms with Gasteiger partial charge < -0.3 is 19.4 Å². The van der Waals surface area contributed by atoms with Crippen molar-refractivity contribution in [3.63, 3.8) is 0 Å². The Hall–Kier alpha value is -3.28. The summed E-state index contributed by atoms with van der Waals surface area (Å²) >= 11 is 0. The Balaban J connectivity index is 1.65. The Morgan fingerprint density at radius 3 is 2.48 bits per heavy atom. The Bertz CT molecular complexity index is 1080. The van der Waals surface area contributed by atoms with Crippen molar-refractivity contribution in [3.8, 4) is 5.75 Å². The number of carbonyl (C=O) groups excluding carboxylic acids is 1. The summed E-state index contributed by atoms with van der Waals surface area (Å²) in [7, 11) is 0. The largest absolute Gasteiger partial charge is 0.484 e. The van der Waals surface area contributed by atoms with Gasteiger partial charge in [-0.05, 0) is 69.2 Å². The van der Waals surface area contributed by atoms with E-state index >= 15 is 0 Å². The van der Waals surface area contributed by atoms with Crippen molar-refractivity contribution in [3.05, 3.63) is 64.0 Å². The van der Waals surface area contributed by atoms with Crippen LogP contribution in [0.25, 0.3) is 11.0 Å². The molecular formula is C23H26N2O4. The molecule has 0 saturated carbocycles. The lowest BCUT2D eigenvalue weighted by molar-refractivity contribution is -0.118. The molecule has 0 aliphatic heterocycles. The first kappa shape index (κ1) is 20.5. The number of fused-ring (bicyclic) bond motifs is 1. The first-order valence-electron chi connectivity index (χ1n) is 9.74. The van der Waals surface area contributed by atoms with Gasteiger partial charge in [0.05, 0.1) is 0 Å². The average Bonchev–Trinajstić information content (AvgIpc) is 2.69. The standard InChI is InChI=1S/C23H26N2O4/c1-5-25(6-2)17-7-10-20(16(4)11-17)24-22(26)14-28-18-8-9-19-15(3)12-23(27)29-21(19)13-18/h7-13H,5-6,14H2,1-4H3,(H,24,26). The van der Waals surface area contributed by atoms with Crippen LogP contribution in [0.2, 0.25) is 0 Å². The van der Waals surface area contributed by atoms with Gasteiger partial charge in [0.15, 0.2) is 6.61 Å². The molecular weight excluding hydrogens is 368 g/mol. The number of nitrogens with zero attached hydrogens (tertiary/aromatic N) is 1. The number of nitrogens with one attached hydrogen (secondary N) is 1. The van der Waals surface area contributed by atoms with Crippen LogP contribution in [0, 0.1) is 13.8 Å².